The fraction of sp³-hybridized carbons (Fsp3) is 0.667. The predicted octanol–water partition coefficient (Wildman–Crippen LogP) is 4.45. The van der Waals surface area contributed by atoms with Crippen molar-refractivity contribution < 1.29 is 0 Å². The zero-order valence-electron chi connectivity index (χ0n) is 12.0. The molecule has 1 N–H and O–H groups in total. The van der Waals surface area contributed by atoms with Crippen molar-refractivity contribution in [2.75, 3.05) is 17.7 Å². The smallest absolute Gasteiger partial charge is 0.125 e. The summed E-state index contributed by atoms with van der Waals surface area (Å²) in [6.45, 7) is 9.74. The lowest BCUT2D eigenvalue weighted by Crippen LogP contribution is -2.12. The first-order valence-electron chi connectivity index (χ1n) is 6.70. The van der Waals surface area contributed by atoms with Gasteiger partial charge in [-0.2, -0.15) is 0 Å². The molecule has 0 aliphatic rings. The van der Waals surface area contributed by atoms with Crippen LogP contribution in [0.3, 0.4) is 0 Å². The maximum absolute atomic E-state index is 5.78. The van der Waals surface area contributed by atoms with Crippen LogP contribution >= 0.6 is 11.6 Å². The minimum atomic E-state index is 0.168. The molecule has 0 fully saturated rings. The van der Waals surface area contributed by atoms with E-state index in [2.05, 4.69) is 50.1 Å². The van der Waals surface area contributed by atoms with Crippen LogP contribution in [0.5, 0.6) is 0 Å². The Kier molecular flexibility index (Phi) is 5.94. The Hall–Kier alpha value is -0.760. The first-order valence-corrected chi connectivity index (χ1v) is 7.23. The molecule has 1 unspecified atom stereocenters. The van der Waals surface area contributed by atoms with E-state index in [9.17, 15) is 0 Å². The van der Waals surface area contributed by atoms with Gasteiger partial charge in [0, 0.05) is 18.6 Å². The van der Waals surface area contributed by atoms with Crippen molar-refractivity contribution in [2.45, 2.75) is 46.0 Å². The molecule has 1 rings (SSSR count). The molecule has 0 aromatic carbocycles. The van der Waals surface area contributed by atoms with Gasteiger partial charge in [0.1, 0.15) is 5.82 Å². The largest absolute Gasteiger partial charge is 0.370 e. The predicted molar refractivity (Wildman–Crippen MR) is 80.5 cm³/mol. The third-order valence-electron chi connectivity index (χ3n) is 3.07. The number of nitrogens with one attached hydrogen (secondary N) is 1. The summed E-state index contributed by atoms with van der Waals surface area (Å²) in [7, 11) is 0. The van der Waals surface area contributed by atoms with Crippen LogP contribution in [0.4, 0.5) is 5.82 Å². The molecule has 0 saturated heterocycles. The average molecular weight is 269 g/mol. The molecular formula is C15H25ClN2. The van der Waals surface area contributed by atoms with Crippen LogP contribution in [-0.2, 0) is 5.41 Å². The van der Waals surface area contributed by atoms with Crippen LogP contribution < -0.4 is 5.32 Å². The van der Waals surface area contributed by atoms with Crippen molar-refractivity contribution in [3.8, 4) is 0 Å². The average Bonchev–Trinajstić information content (AvgIpc) is 2.33. The summed E-state index contributed by atoms with van der Waals surface area (Å²) < 4.78 is 0. The second kappa shape index (κ2) is 6.98. The van der Waals surface area contributed by atoms with Gasteiger partial charge in [-0.05, 0) is 35.8 Å². The Balaban J connectivity index is 2.36. The van der Waals surface area contributed by atoms with E-state index in [-0.39, 0.29) is 5.41 Å². The van der Waals surface area contributed by atoms with E-state index >= 15 is 0 Å². The second-order valence-corrected chi connectivity index (χ2v) is 6.32. The molecule has 2 nitrogen and oxygen atoms in total. The summed E-state index contributed by atoms with van der Waals surface area (Å²) >= 11 is 5.78. The van der Waals surface area contributed by atoms with Crippen molar-refractivity contribution >= 4 is 17.4 Å². The summed E-state index contributed by atoms with van der Waals surface area (Å²) in [6.07, 6.45) is 4.26. The highest BCUT2D eigenvalue weighted by molar-refractivity contribution is 6.18. The van der Waals surface area contributed by atoms with Gasteiger partial charge in [0.25, 0.3) is 0 Å². The van der Waals surface area contributed by atoms with Gasteiger partial charge in [0.2, 0.25) is 0 Å². The lowest BCUT2D eigenvalue weighted by molar-refractivity contribution is 0.572. The van der Waals surface area contributed by atoms with E-state index in [0.29, 0.717) is 5.92 Å². The Bertz CT molecular complexity index is 341. The molecule has 0 saturated carbocycles. The zero-order chi connectivity index (χ0) is 13.6. The Morgan fingerprint density at radius 3 is 2.56 bits per heavy atom. The van der Waals surface area contributed by atoms with E-state index in [0.717, 1.165) is 31.1 Å². The minimum absolute atomic E-state index is 0.168. The van der Waals surface area contributed by atoms with Crippen molar-refractivity contribution in [1.29, 1.82) is 0 Å². The topological polar surface area (TPSA) is 24.9 Å². The van der Waals surface area contributed by atoms with Crippen molar-refractivity contribution in [1.82, 2.24) is 4.98 Å². The number of halogens is 1. The molecule has 0 bridgehead atoms. The van der Waals surface area contributed by atoms with Gasteiger partial charge in [-0.3, -0.25) is 0 Å². The number of pyridine rings is 1. The highest BCUT2D eigenvalue weighted by Crippen LogP contribution is 2.21. The lowest BCUT2D eigenvalue weighted by Gasteiger charge is -2.18. The molecule has 1 aromatic heterocycles. The standard InChI is InChI=1S/C15H25ClN2/c1-12(10-16)6-5-9-17-14-8-7-13(11-18-14)15(2,3)4/h7-8,11-12H,5-6,9-10H2,1-4H3,(H,17,18). The maximum Gasteiger partial charge on any atom is 0.125 e. The molecule has 1 aromatic rings. The Labute approximate surface area is 116 Å². The third kappa shape index (κ3) is 5.26. The fourth-order valence-electron chi connectivity index (χ4n) is 1.69. The molecule has 3 heteroatoms. The highest BCUT2D eigenvalue weighted by atomic mass is 35.5. The number of hydrogen-bond donors (Lipinski definition) is 1. The van der Waals surface area contributed by atoms with Crippen molar-refractivity contribution in [3.05, 3.63) is 23.9 Å². The lowest BCUT2D eigenvalue weighted by atomic mass is 9.88. The minimum Gasteiger partial charge on any atom is -0.370 e. The summed E-state index contributed by atoms with van der Waals surface area (Å²) in [5.74, 6) is 2.31. The maximum atomic E-state index is 5.78. The normalized spacial score (nSPS) is 13.4. The summed E-state index contributed by atoms with van der Waals surface area (Å²) in [5.41, 5.74) is 1.44. The van der Waals surface area contributed by atoms with Crippen LogP contribution in [0.1, 0.15) is 46.1 Å². The number of aromatic nitrogens is 1. The number of hydrogen-bond acceptors (Lipinski definition) is 2. The molecule has 0 spiro atoms. The first-order chi connectivity index (χ1) is 8.43. The number of alkyl halides is 1. The van der Waals surface area contributed by atoms with E-state index in [4.69, 9.17) is 11.6 Å². The molecule has 0 aliphatic heterocycles. The third-order valence-corrected chi connectivity index (χ3v) is 3.60. The van der Waals surface area contributed by atoms with E-state index in [1.807, 2.05) is 6.20 Å². The Morgan fingerprint density at radius 1 is 1.33 bits per heavy atom. The Morgan fingerprint density at radius 2 is 2.06 bits per heavy atom. The molecule has 102 valence electrons. The van der Waals surface area contributed by atoms with Crippen molar-refractivity contribution in [2.24, 2.45) is 5.92 Å². The molecule has 0 aliphatic carbocycles. The van der Waals surface area contributed by atoms with Gasteiger partial charge in [0.15, 0.2) is 0 Å². The molecule has 18 heavy (non-hydrogen) atoms. The van der Waals surface area contributed by atoms with E-state index in [1.54, 1.807) is 0 Å². The van der Waals surface area contributed by atoms with Gasteiger partial charge in [-0.25, -0.2) is 4.98 Å². The number of rotatable bonds is 6. The van der Waals surface area contributed by atoms with Crippen LogP contribution in [0.25, 0.3) is 0 Å². The van der Waals surface area contributed by atoms with Gasteiger partial charge >= 0.3 is 0 Å². The van der Waals surface area contributed by atoms with Crippen LogP contribution in [0.2, 0.25) is 0 Å². The van der Waals surface area contributed by atoms with E-state index < -0.39 is 0 Å². The number of anilines is 1. The van der Waals surface area contributed by atoms with Gasteiger partial charge < -0.3 is 5.32 Å². The van der Waals surface area contributed by atoms with Crippen molar-refractivity contribution in [3.63, 3.8) is 0 Å². The molecule has 0 radical (unpaired) electrons. The van der Waals surface area contributed by atoms with E-state index in [1.165, 1.54) is 5.56 Å². The molecule has 1 atom stereocenters. The van der Waals surface area contributed by atoms with Gasteiger partial charge in [0.05, 0.1) is 0 Å². The monoisotopic (exact) mass is 268 g/mol. The SMILES string of the molecule is CC(CCl)CCCNc1ccc(C(C)(C)C)cn1. The number of nitrogens with zero attached hydrogens (tertiary/aromatic N) is 1. The second-order valence-electron chi connectivity index (χ2n) is 6.01. The van der Waals surface area contributed by atoms with Crippen LogP contribution in [0, 0.1) is 5.92 Å². The van der Waals surface area contributed by atoms with Gasteiger partial charge in [-0.1, -0.05) is 33.8 Å². The zero-order valence-corrected chi connectivity index (χ0v) is 12.7. The first kappa shape index (κ1) is 15.3. The summed E-state index contributed by atoms with van der Waals surface area (Å²) in [6, 6.07) is 4.21. The molecular weight excluding hydrogens is 244 g/mol. The van der Waals surface area contributed by atoms with Crippen LogP contribution in [0.15, 0.2) is 18.3 Å². The van der Waals surface area contributed by atoms with Gasteiger partial charge in [-0.15, -0.1) is 11.6 Å². The summed E-state index contributed by atoms with van der Waals surface area (Å²) in [5, 5.41) is 3.35. The highest BCUT2D eigenvalue weighted by Gasteiger charge is 2.13. The fourth-order valence-corrected chi connectivity index (χ4v) is 1.84. The quantitative estimate of drug-likeness (QED) is 0.609. The van der Waals surface area contributed by atoms with Crippen LogP contribution in [-0.4, -0.2) is 17.4 Å². The summed E-state index contributed by atoms with van der Waals surface area (Å²) in [4.78, 5) is 4.44. The molecule has 0 amide bonds. The molecule has 1 heterocycles.